The molecule has 58 heavy (non-hydrogen) atoms. The van der Waals surface area contributed by atoms with E-state index < -0.39 is 26.7 Å². The second-order valence-corrected chi connectivity index (χ2v) is 19.3. The summed E-state index contributed by atoms with van der Waals surface area (Å²) in [5, 5.41) is 0.667. The molecule has 0 bridgehead atoms. The number of aromatic amines is 1. The number of aromatic nitrogens is 3. The summed E-state index contributed by atoms with van der Waals surface area (Å²) in [4.78, 5) is 67.6. The number of carbonyl (C=O) groups excluding carboxylic acids is 3. The molecular formula is C42H55N7O8S. The molecule has 0 spiro atoms. The van der Waals surface area contributed by atoms with E-state index in [1.807, 2.05) is 84.0 Å². The van der Waals surface area contributed by atoms with Crippen molar-refractivity contribution in [2.24, 2.45) is 0 Å². The lowest BCUT2D eigenvalue weighted by atomic mass is 10.0. The molecule has 2 fully saturated rings. The Morgan fingerprint density at radius 2 is 1.48 bits per heavy atom. The van der Waals surface area contributed by atoms with Gasteiger partial charge >= 0.3 is 17.9 Å². The number of unbranched alkanes of at least 4 members (excludes halogenated alkanes) is 1. The third kappa shape index (κ3) is 10.6. The highest BCUT2D eigenvalue weighted by Gasteiger charge is 2.29. The van der Waals surface area contributed by atoms with E-state index in [9.17, 15) is 27.6 Å². The monoisotopic (exact) mass is 817 g/mol. The third-order valence-electron chi connectivity index (χ3n) is 9.93. The highest BCUT2D eigenvalue weighted by molar-refractivity contribution is 7.91. The smallest absolute Gasteiger partial charge is 0.410 e. The van der Waals surface area contributed by atoms with Crippen molar-refractivity contribution < 1.29 is 32.3 Å². The van der Waals surface area contributed by atoms with Crippen molar-refractivity contribution in [3.05, 3.63) is 76.3 Å². The molecule has 6 rings (SSSR count). The molecule has 4 heterocycles. The zero-order valence-corrected chi connectivity index (χ0v) is 35.4. The van der Waals surface area contributed by atoms with Crippen LogP contribution in [0.4, 0.5) is 15.3 Å². The Balaban J connectivity index is 1.27. The maximum absolute atomic E-state index is 13.9. The van der Waals surface area contributed by atoms with Crippen molar-refractivity contribution in [2.75, 3.05) is 62.2 Å². The normalized spacial score (nSPS) is 16.0. The molecule has 16 heteroatoms. The van der Waals surface area contributed by atoms with Gasteiger partial charge in [-0.2, -0.15) is 4.98 Å². The van der Waals surface area contributed by atoms with Gasteiger partial charge in [0.2, 0.25) is 0 Å². The van der Waals surface area contributed by atoms with Gasteiger partial charge in [0.25, 0.3) is 5.91 Å². The van der Waals surface area contributed by atoms with E-state index in [0.29, 0.717) is 72.8 Å². The number of amides is 3. The lowest BCUT2D eigenvalue weighted by Gasteiger charge is -2.37. The van der Waals surface area contributed by atoms with Crippen LogP contribution in [0.1, 0.15) is 77.2 Å². The average molecular weight is 818 g/mol. The van der Waals surface area contributed by atoms with Gasteiger partial charge in [0.1, 0.15) is 16.8 Å². The Labute approximate surface area is 339 Å². The molecule has 15 nitrogen and oxygen atoms in total. The van der Waals surface area contributed by atoms with Gasteiger partial charge in [0, 0.05) is 86.4 Å². The van der Waals surface area contributed by atoms with E-state index in [1.165, 1.54) is 4.57 Å². The third-order valence-corrected chi connectivity index (χ3v) is 11.5. The summed E-state index contributed by atoms with van der Waals surface area (Å²) < 4.78 is 37.0. The number of fused-ring (bicyclic) bond motifs is 1. The largest absolute Gasteiger partial charge is 0.444 e. The van der Waals surface area contributed by atoms with Crippen LogP contribution < -0.4 is 10.6 Å². The van der Waals surface area contributed by atoms with Crippen LogP contribution in [0.5, 0.6) is 0 Å². The minimum atomic E-state index is -3.20. The van der Waals surface area contributed by atoms with Crippen LogP contribution in [-0.2, 0) is 25.9 Å². The number of sulfone groups is 1. The summed E-state index contributed by atoms with van der Waals surface area (Å²) in [6, 6.07) is 14.8. The number of nitrogens with one attached hydrogen (secondary N) is 1. The number of hydrogen-bond acceptors (Lipinski definition) is 10. The molecule has 0 unspecified atom stereocenters. The van der Waals surface area contributed by atoms with Crippen molar-refractivity contribution in [1.29, 1.82) is 0 Å². The number of ether oxygens (including phenoxy) is 2. The number of piperazine rings is 1. The molecule has 2 aromatic carbocycles. The van der Waals surface area contributed by atoms with Gasteiger partial charge in [-0.25, -0.2) is 22.8 Å². The van der Waals surface area contributed by atoms with Gasteiger partial charge in [-0.1, -0.05) is 25.5 Å². The molecule has 3 amide bonds. The molecule has 4 aromatic rings. The Hall–Kier alpha value is -5.38. The minimum absolute atomic E-state index is 0.0880. The highest BCUT2D eigenvalue weighted by atomic mass is 32.2. The van der Waals surface area contributed by atoms with E-state index in [2.05, 4.69) is 21.8 Å². The fourth-order valence-corrected chi connectivity index (χ4v) is 8.07. The van der Waals surface area contributed by atoms with Crippen LogP contribution >= 0.6 is 0 Å². The van der Waals surface area contributed by atoms with Crippen LogP contribution in [0.25, 0.3) is 28.0 Å². The van der Waals surface area contributed by atoms with Gasteiger partial charge in [-0.05, 0) is 89.9 Å². The summed E-state index contributed by atoms with van der Waals surface area (Å²) in [6.45, 7) is 16.1. The summed E-state index contributed by atoms with van der Waals surface area (Å²) in [6.07, 6.45) is 2.75. The first-order valence-corrected chi connectivity index (χ1v) is 21.7. The number of nitrogens with zero attached hydrogens (tertiary/aromatic N) is 6. The topological polar surface area (TPSA) is 167 Å². The Bertz CT molecular complexity index is 2300. The maximum atomic E-state index is 13.9. The molecule has 0 aliphatic carbocycles. The summed E-state index contributed by atoms with van der Waals surface area (Å²) >= 11 is 0. The molecule has 2 aliphatic rings. The quantitative estimate of drug-likeness (QED) is 0.217. The fraction of sp³-hybridized carbons (Fsp3) is 0.500. The number of benzene rings is 2. The maximum Gasteiger partial charge on any atom is 0.410 e. The first kappa shape index (κ1) is 42.2. The summed E-state index contributed by atoms with van der Waals surface area (Å²) in [5.74, 6) is -0.452. The van der Waals surface area contributed by atoms with E-state index in [0.717, 1.165) is 24.1 Å². The zero-order chi connectivity index (χ0) is 42.0. The average Bonchev–Trinajstić information content (AvgIpc) is 3.57. The van der Waals surface area contributed by atoms with Gasteiger partial charge in [0.05, 0.1) is 17.2 Å². The lowest BCUT2D eigenvalue weighted by Crippen LogP contribution is -2.50. The van der Waals surface area contributed by atoms with Gasteiger partial charge < -0.3 is 34.1 Å². The van der Waals surface area contributed by atoms with Gasteiger partial charge in [-0.15, -0.1) is 0 Å². The second kappa shape index (κ2) is 16.8. The van der Waals surface area contributed by atoms with Crippen LogP contribution in [0, 0.1) is 0 Å². The summed E-state index contributed by atoms with van der Waals surface area (Å²) in [7, 11) is -3.20. The number of H-pyrrole nitrogens is 1. The number of rotatable bonds is 9. The van der Waals surface area contributed by atoms with Crippen LogP contribution in [0.3, 0.4) is 0 Å². The second-order valence-electron chi connectivity index (χ2n) is 17.0. The zero-order valence-electron chi connectivity index (χ0n) is 34.5. The predicted molar refractivity (Wildman–Crippen MR) is 223 cm³/mol. The number of anilines is 1. The predicted octanol–water partition coefficient (Wildman–Crippen LogP) is 5.85. The van der Waals surface area contributed by atoms with E-state index in [-0.39, 0.29) is 42.7 Å². The first-order valence-electron chi connectivity index (χ1n) is 19.9. The number of hydrogen-bond donors (Lipinski definition) is 1. The van der Waals surface area contributed by atoms with Crippen LogP contribution in [0.2, 0.25) is 0 Å². The SMILES string of the molecule is CCCCN(Cc1ccc(-n2cc3cc(-c4cc(C(=O)N5CCS(=O)(=O)CC5)cc(N5CCN(C(=O)OC(C)(C)C)CC5)c4)[nH]c3nc2=O)cc1)C(=O)OC(C)(C)C. The first-order chi connectivity index (χ1) is 27.3. The molecule has 1 N–H and O–H groups in total. The molecular weight excluding hydrogens is 763 g/mol. The minimum Gasteiger partial charge on any atom is -0.444 e. The molecule has 312 valence electrons. The van der Waals surface area contributed by atoms with Gasteiger partial charge in [-0.3, -0.25) is 9.36 Å². The van der Waals surface area contributed by atoms with E-state index in [1.54, 1.807) is 27.0 Å². The van der Waals surface area contributed by atoms with Crippen molar-refractivity contribution in [2.45, 2.75) is 79.1 Å². The Morgan fingerprint density at radius 1 is 0.828 bits per heavy atom. The number of carbonyl (C=O) groups is 3. The van der Waals surface area contributed by atoms with Crippen molar-refractivity contribution in [1.82, 2.24) is 29.2 Å². The molecule has 0 atom stereocenters. The molecule has 2 saturated heterocycles. The van der Waals surface area contributed by atoms with Crippen molar-refractivity contribution in [3.63, 3.8) is 0 Å². The van der Waals surface area contributed by atoms with Crippen LogP contribution in [-0.4, -0.2) is 124 Å². The lowest BCUT2D eigenvalue weighted by molar-refractivity contribution is 0.0224. The molecule has 0 radical (unpaired) electrons. The standard InChI is InChI=1S/C42H55N7O8S/c1-8-9-14-48(40(53)57-42(5,6)7)27-29-10-12-33(13-11-29)49-28-32-26-35(43-36(32)44-38(49)51)30-23-31(37(50)46-19-21-58(54,55)22-20-46)25-34(24-30)45-15-17-47(18-16-45)39(52)56-41(2,3)4/h10-13,23-26,28H,8-9,14-22,27H2,1-7H3,(H,43,44,51). The fourth-order valence-electron chi connectivity index (χ4n) is 6.87. The molecule has 0 saturated carbocycles. The Kier molecular flexibility index (Phi) is 12.3. The van der Waals surface area contributed by atoms with Crippen LogP contribution in [0.15, 0.2) is 59.5 Å². The van der Waals surface area contributed by atoms with Crippen molar-refractivity contribution >= 4 is 44.7 Å². The van der Waals surface area contributed by atoms with E-state index >= 15 is 0 Å². The molecule has 2 aromatic heterocycles. The van der Waals surface area contributed by atoms with Crippen molar-refractivity contribution in [3.8, 4) is 16.9 Å². The highest BCUT2D eigenvalue weighted by Crippen LogP contribution is 2.31. The Morgan fingerprint density at radius 3 is 2.10 bits per heavy atom. The van der Waals surface area contributed by atoms with E-state index in [4.69, 9.17) is 9.47 Å². The summed E-state index contributed by atoms with van der Waals surface area (Å²) in [5.41, 5.74) is 2.63. The molecule has 2 aliphatic heterocycles. The van der Waals surface area contributed by atoms with Gasteiger partial charge in [0.15, 0.2) is 9.84 Å².